The molecule has 0 heterocycles. The van der Waals surface area contributed by atoms with E-state index in [0.717, 1.165) is 29.7 Å². The van der Waals surface area contributed by atoms with Crippen molar-refractivity contribution in [3.8, 4) is 5.75 Å². The zero-order valence-electron chi connectivity index (χ0n) is 8.94. The molecule has 1 aliphatic carbocycles. The summed E-state index contributed by atoms with van der Waals surface area (Å²) in [4.78, 5) is 0. The van der Waals surface area contributed by atoms with Crippen LogP contribution in [-0.4, -0.2) is 18.3 Å². The number of hydrogen-bond donors (Lipinski definition) is 1. The number of hydrogen-bond acceptors (Lipinski definition) is 2. The highest BCUT2D eigenvalue weighted by atomic mass is 16.5. The lowest BCUT2D eigenvalue weighted by atomic mass is 9.76. The Morgan fingerprint density at radius 2 is 1.93 bits per heavy atom. The summed E-state index contributed by atoms with van der Waals surface area (Å²) in [5, 5.41) is 9.24. The van der Waals surface area contributed by atoms with Gasteiger partial charge >= 0.3 is 0 Å². The summed E-state index contributed by atoms with van der Waals surface area (Å²) in [5.41, 5.74) is 2.27. The van der Waals surface area contributed by atoms with Gasteiger partial charge in [0.15, 0.2) is 0 Å². The van der Waals surface area contributed by atoms with Crippen LogP contribution in [0.2, 0.25) is 0 Å². The Morgan fingerprint density at radius 1 is 1.33 bits per heavy atom. The molecular weight excluding hydrogens is 188 g/mol. The fourth-order valence-electron chi connectivity index (χ4n) is 1.91. The van der Waals surface area contributed by atoms with E-state index < -0.39 is 0 Å². The molecule has 1 N–H and O–H groups in total. The molecule has 0 unspecified atom stereocenters. The van der Waals surface area contributed by atoms with Gasteiger partial charge in [0.2, 0.25) is 0 Å². The summed E-state index contributed by atoms with van der Waals surface area (Å²) in [6.07, 6.45) is 1.58. The zero-order valence-corrected chi connectivity index (χ0v) is 8.94. The van der Waals surface area contributed by atoms with Gasteiger partial charge in [-0.1, -0.05) is 18.7 Å². The third kappa shape index (κ3) is 2.05. The van der Waals surface area contributed by atoms with Gasteiger partial charge in [-0.2, -0.15) is 0 Å². The number of benzene rings is 1. The van der Waals surface area contributed by atoms with Crippen LogP contribution < -0.4 is 4.74 Å². The summed E-state index contributed by atoms with van der Waals surface area (Å²) < 4.78 is 5.10. The van der Waals surface area contributed by atoms with E-state index in [1.54, 1.807) is 7.11 Å². The van der Waals surface area contributed by atoms with Crippen LogP contribution in [0.1, 0.15) is 18.4 Å². The second-order valence-electron chi connectivity index (χ2n) is 4.08. The van der Waals surface area contributed by atoms with Crippen molar-refractivity contribution in [1.29, 1.82) is 0 Å². The molecule has 0 atom stereocenters. The van der Waals surface area contributed by atoms with Gasteiger partial charge in [0.25, 0.3) is 0 Å². The molecule has 0 saturated heterocycles. The second-order valence-corrected chi connectivity index (χ2v) is 4.08. The molecule has 0 radical (unpaired) electrons. The molecule has 0 aliphatic heterocycles. The third-order valence-corrected chi connectivity index (χ3v) is 3.07. The lowest BCUT2D eigenvalue weighted by molar-refractivity contribution is 0.0668. The molecule has 2 nitrogen and oxygen atoms in total. The number of methoxy groups -OCH3 is 1. The summed E-state index contributed by atoms with van der Waals surface area (Å²) in [5.74, 6) is 1.31. The van der Waals surface area contributed by atoms with Crippen LogP contribution in [0.4, 0.5) is 0 Å². The molecular formula is C13H16O2. The van der Waals surface area contributed by atoms with Gasteiger partial charge in [0.1, 0.15) is 5.75 Å². The number of aliphatic hydroxyl groups is 1. The van der Waals surface area contributed by atoms with E-state index in [2.05, 4.69) is 6.58 Å². The summed E-state index contributed by atoms with van der Waals surface area (Å²) in [7, 11) is 1.66. The molecule has 0 aromatic heterocycles. The largest absolute Gasteiger partial charge is 0.497 e. The van der Waals surface area contributed by atoms with Crippen LogP contribution in [0.15, 0.2) is 30.8 Å². The molecule has 1 fully saturated rings. The van der Waals surface area contributed by atoms with Crippen LogP contribution in [0.3, 0.4) is 0 Å². The average Bonchev–Trinajstić information content (AvgIpc) is 2.24. The summed E-state index contributed by atoms with van der Waals surface area (Å²) in [6, 6.07) is 7.92. The van der Waals surface area contributed by atoms with Crippen LogP contribution in [0, 0.1) is 5.92 Å². The quantitative estimate of drug-likeness (QED) is 0.819. The van der Waals surface area contributed by atoms with Crippen molar-refractivity contribution in [3.63, 3.8) is 0 Å². The first kappa shape index (κ1) is 10.2. The fourth-order valence-corrected chi connectivity index (χ4v) is 1.91. The van der Waals surface area contributed by atoms with E-state index in [1.807, 2.05) is 24.3 Å². The highest BCUT2D eigenvalue weighted by Gasteiger charge is 2.29. The first-order valence-electron chi connectivity index (χ1n) is 5.22. The minimum atomic E-state index is -0.120. The molecule has 0 bridgehead atoms. The smallest absolute Gasteiger partial charge is 0.118 e. The lowest BCUT2D eigenvalue weighted by Crippen LogP contribution is -2.28. The van der Waals surface area contributed by atoms with Crippen molar-refractivity contribution in [1.82, 2.24) is 0 Å². The first-order chi connectivity index (χ1) is 7.20. The van der Waals surface area contributed by atoms with Crippen molar-refractivity contribution in [2.75, 3.05) is 7.11 Å². The van der Waals surface area contributed by atoms with Gasteiger partial charge in [-0.25, -0.2) is 0 Å². The molecule has 1 aromatic rings. The minimum Gasteiger partial charge on any atom is -0.497 e. The monoisotopic (exact) mass is 204 g/mol. The Labute approximate surface area is 90.2 Å². The Bertz CT molecular complexity index is 347. The molecule has 2 heteroatoms. The maximum atomic E-state index is 9.24. The third-order valence-electron chi connectivity index (χ3n) is 3.07. The van der Waals surface area contributed by atoms with Crippen LogP contribution >= 0.6 is 0 Å². The molecule has 80 valence electrons. The molecule has 1 saturated carbocycles. The Hall–Kier alpha value is -1.28. The van der Waals surface area contributed by atoms with Crippen molar-refractivity contribution >= 4 is 5.57 Å². The van der Waals surface area contributed by atoms with Crippen LogP contribution in [0.5, 0.6) is 5.75 Å². The first-order valence-corrected chi connectivity index (χ1v) is 5.22. The van der Waals surface area contributed by atoms with E-state index in [9.17, 15) is 5.11 Å². The van der Waals surface area contributed by atoms with Crippen LogP contribution in [0.25, 0.3) is 5.57 Å². The fraction of sp³-hybridized carbons (Fsp3) is 0.385. The molecule has 2 rings (SSSR count). The Balaban J connectivity index is 2.06. The van der Waals surface area contributed by atoms with E-state index in [4.69, 9.17) is 4.74 Å². The van der Waals surface area contributed by atoms with Crippen LogP contribution in [-0.2, 0) is 0 Å². The van der Waals surface area contributed by atoms with Gasteiger partial charge in [0, 0.05) is 0 Å². The topological polar surface area (TPSA) is 29.5 Å². The molecule has 15 heavy (non-hydrogen) atoms. The highest BCUT2D eigenvalue weighted by molar-refractivity contribution is 5.66. The van der Waals surface area contributed by atoms with E-state index in [1.165, 1.54) is 0 Å². The predicted molar refractivity (Wildman–Crippen MR) is 60.8 cm³/mol. The molecule has 1 aromatic carbocycles. The number of rotatable bonds is 3. The zero-order chi connectivity index (χ0) is 10.8. The number of aliphatic hydroxyl groups excluding tert-OH is 1. The van der Waals surface area contributed by atoms with E-state index in [-0.39, 0.29) is 6.10 Å². The van der Waals surface area contributed by atoms with Gasteiger partial charge < -0.3 is 9.84 Å². The summed E-state index contributed by atoms with van der Waals surface area (Å²) in [6.45, 7) is 4.08. The normalized spacial score (nSPS) is 24.4. The Morgan fingerprint density at radius 3 is 2.40 bits per heavy atom. The molecule has 0 amide bonds. The van der Waals surface area contributed by atoms with Crippen molar-refractivity contribution < 1.29 is 9.84 Å². The number of allylic oxidation sites excluding steroid dienone is 1. The molecule has 0 spiro atoms. The summed E-state index contributed by atoms with van der Waals surface area (Å²) >= 11 is 0. The van der Waals surface area contributed by atoms with E-state index in [0.29, 0.717) is 5.92 Å². The van der Waals surface area contributed by atoms with Gasteiger partial charge in [-0.05, 0) is 42.0 Å². The SMILES string of the molecule is C=C(c1ccc(OC)cc1)C1CC(O)C1. The average molecular weight is 204 g/mol. The van der Waals surface area contributed by atoms with Crippen molar-refractivity contribution in [2.24, 2.45) is 5.92 Å². The number of ether oxygens (including phenoxy) is 1. The van der Waals surface area contributed by atoms with Crippen molar-refractivity contribution in [2.45, 2.75) is 18.9 Å². The second kappa shape index (κ2) is 4.07. The van der Waals surface area contributed by atoms with E-state index >= 15 is 0 Å². The highest BCUT2D eigenvalue weighted by Crippen LogP contribution is 2.37. The maximum Gasteiger partial charge on any atom is 0.118 e. The van der Waals surface area contributed by atoms with Gasteiger partial charge in [-0.15, -0.1) is 0 Å². The maximum absolute atomic E-state index is 9.24. The Kier molecular flexibility index (Phi) is 2.78. The minimum absolute atomic E-state index is 0.120. The lowest BCUT2D eigenvalue weighted by Gasteiger charge is -2.33. The van der Waals surface area contributed by atoms with Crippen molar-refractivity contribution in [3.05, 3.63) is 36.4 Å². The van der Waals surface area contributed by atoms with Gasteiger partial charge in [-0.3, -0.25) is 0 Å². The van der Waals surface area contributed by atoms with Gasteiger partial charge in [0.05, 0.1) is 13.2 Å². The standard InChI is InChI=1S/C13H16O2/c1-9(11-7-12(14)8-11)10-3-5-13(15-2)6-4-10/h3-6,11-12,14H,1,7-8H2,2H3. The molecule has 1 aliphatic rings. The predicted octanol–water partition coefficient (Wildman–Crippen LogP) is 2.48.